The summed E-state index contributed by atoms with van der Waals surface area (Å²) in [6.45, 7) is 3.07. The highest BCUT2D eigenvalue weighted by atomic mass is 16.2. The number of carbonyl (C=O) groups is 1. The van der Waals surface area contributed by atoms with Gasteiger partial charge in [-0.3, -0.25) is 4.90 Å². The lowest BCUT2D eigenvalue weighted by Gasteiger charge is -2.27. The molecule has 0 aromatic heterocycles. The highest BCUT2D eigenvalue weighted by Crippen LogP contribution is 2.26. The maximum atomic E-state index is 12.0. The molecule has 4 nitrogen and oxygen atoms in total. The van der Waals surface area contributed by atoms with Crippen molar-refractivity contribution in [2.24, 2.45) is 5.92 Å². The number of urea groups is 1. The Morgan fingerprint density at radius 2 is 1.85 bits per heavy atom. The van der Waals surface area contributed by atoms with Gasteiger partial charge in [-0.2, -0.15) is 0 Å². The molecule has 0 aliphatic carbocycles. The van der Waals surface area contributed by atoms with Crippen LogP contribution in [0, 0.1) is 5.92 Å². The number of piperidine rings is 1. The van der Waals surface area contributed by atoms with Crippen molar-refractivity contribution in [3.05, 3.63) is 30.3 Å². The first-order valence-corrected chi connectivity index (χ1v) is 7.67. The van der Waals surface area contributed by atoms with E-state index in [0.29, 0.717) is 6.04 Å². The van der Waals surface area contributed by atoms with E-state index in [1.54, 1.807) is 0 Å². The minimum absolute atomic E-state index is 0.0477. The van der Waals surface area contributed by atoms with Crippen molar-refractivity contribution >= 4 is 11.7 Å². The first kappa shape index (κ1) is 13.4. The first-order chi connectivity index (χ1) is 9.84. The lowest BCUT2D eigenvalue weighted by atomic mass is 9.91. The molecule has 2 aliphatic rings. The van der Waals surface area contributed by atoms with Gasteiger partial charge in [0, 0.05) is 12.2 Å². The largest absolute Gasteiger partial charge is 0.336 e. The predicted molar refractivity (Wildman–Crippen MR) is 80.9 cm³/mol. The fourth-order valence-corrected chi connectivity index (χ4v) is 3.29. The van der Waals surface area contributed by atoms with Crippen molar-refractivity contribution < 1.29 is 4.79 Å². The van der Waals surface area contributed by atoms with E-state index in [9.17, 15) is 4.79 Å². The molecule has 2 aliphatic heterocycles. The summed E-state index contributed by atoms with van der Waals surface area (Å²) >= 11 is 0. The van der Waals surface area contributed by atoms with E-state index in [4.69, 9.17) is 0 Å². The van der Waals surface area contributed by atoms with Gasteiger partial charge in [0.05, 0.1) is 6.04 Å². The van der Waals surface area contributed by atoms with E-state index in [-0.39, 0.29) is 6.03 Å². The maximum Gasteiger partial charge on any atom is 0.322 e. The van der Waals surface area contributed by atoms with E-state index in [1.807, 2.05) is 35.2 Å². The molecule has 1 unspecified atom stereocenters. The molecular formula is C16H23N3O. The number of hydrogen-bond donors (Lipinski definition) is 2. The Labute approximate surface area is 120 Å². The normalized spacial score (nSPS) is 23.9. The van der Waals surface area contributed by atoms with E-state index >= 15 is 0 Å². The van der Waals surface area contributed by atoms with Gasteiger partial charge in [0.25, 0.3) is 0 Å². The molecule has 0 spiro atoms. The number of nitrogens with one attached hydrogen (secondary N) is 2. The van der Waals surface area contributed by atoms with Crippen LogP contribution in [0.25, 0.3) is 0 Å². The quantitative estimate of drug-likeness (QED) is 0.884. The Bertz CT molecular complexity index is 442. The molecule has 1 atom stereocenters. The monoisotopic (exact) mass is 273 g/mol. The molecule has 1 aromatic carbocycles. The van der Waals surface area contributed by atoms with Gasteiger partial charge in [-0.1, -0.05) is 18.2 Å². The average molecular weight is 273 g/mol. The molecule has 20 heavy (non-hydrogen) atoms. The lowest BCUT2D eigenvalue weighted by Crippen LogP contribution is -2.35. The van der Waals surface area contributed by atoms with Crippen molar-refractivity contribution in [3.8, 4) is 0 Å². The molecule has 0 radical (unpaired) electrons. The summed E-state index contributed by atoms with van der Waals surface area (Å²) in [4.78, 5) is 14.0. The molecule has 108 valence electrons. The molecular weight excluding hydrogens is 250 g/mol. The van der Waals surface area contributed by atoms with Crippen molar-refractivity contribution in [2.45, 2.75) is 31.7 Å². The van der Waals surface area contributed by atoms with Crippen LogP contribution in [-0.4, -0.2) is 31.7 Å². The zero-order chi connectivity index (χ0) is 13.8. The molecule has 2 N–H and O–H groups in total. The predicted octanol–water partition coefficient (Wildman–Crippen LogP) is 2.36. The van der Waals surface area contributed by atoms with E-state index in [0.717, 1.165) is 37.7 Å². The number of para-hydroxylation sites is 1. The van der Waals surface area contributed by atoms with Crippen molar-refractivity contribution in [3.63, 3.8) is 0 Å². The Hall–Kier alpha value is -1.55. The summed E-state index contributed by atoms with van der Waals surface area (Å²) in [7, 11) is 0. The molecule has 1 aromatic rings. The van der Waals surface area contributed by atoms with Gasteiger partial charge in [0.15, 0.2) is 0 Å². The fourth-order valence-electron chi connectivity index (χ4n) is 3.29. The number of benzene rings is 1. The third-order valence-corrected chi connectivity index (χ3v) is 4.47. The molecule has 0 bridgehead atoms. The van der Waals surface area contributed by atoms with Crippen molar-refractivity contribution in [1.82, 2.24) is 10.6 Å². The molecule has 2 amide bonds. The summed E-state index contributed by atoms with van der Waals surface area (Å²) in [5, 5.41) is 6.39. The highest BCUT2D eigenvalue weighted by molar-refractivity contribution is 5.94. The zero-order valence-electron chi connectivity index (χ0n) is 11.8. The minimum Gasteiger partial charge on any atom is -0.336 e. The van der Waals surface area contributed by atoms with E-state index < -0.39 is 0 Å². The van der Waals surface area contributed by atoms with Gasteiger partial charge in [0.1, 0.15) is 0 Å². The third kappa shape index (κ3) is 2.96. The molecule has 3 rings (SSSR count). The molecule has 2 saturated heterocycles. The van der Waals surface area contributed by atoms with Gasteiger partial charge < -0.3 is 10.6 Å². The number of rotatable bonds is 4. The van der Waals surface area contributed by atoms with Crippen LogP contribution >= 0.6 is 0 Å². The van der Waals surface area contributed by atoms with Gasteiger partial charge in [-0.05, 0) is 56.8 Å². The van der Waals surface area contributed by atoms with E-state index in [1.165, 1.54) is 19.3 Å². The van der Waals surface area contributed by atoms with Crippen molar-refractivity contribution in [1.29, 1.82) is 0 Å². The number of hydrogen-bond acceptors (Lipinski definition) is 2. The summed E-state index contributed by atoms with van der Waals surface area (Å²) in [5.74, 6) is 0.824. The van der Waals surface area contributed by atoms with Crippen LogP contribution in [0.4, 0.5) is 10.5 Å². The minimum atomic E-state index is 0.0477. The van der Waals surface area contributed by atoms with Crippen LogP contribution in [0.1, 0.15) is 25.7 Å². The summed E-state index contributed by atoms with van der Waals surface area (Å²) < 4.78 is 0. The standard InChI is InChI=1S/C16H23N3O/c20-16-18-12-15(7-6-13-8-10-17-11-9-13)19(16)14-4-2-1-3-5-14/h1-5,13,15,17H,6-12H2,(H,18,20). The Morgan fingerprint density at radius 3 is 2.60 bits per heavy atom. The molecule has 0 saturated carbocycles. The van der Waals surface area contributed by atoms with Gasteiger partial charge in [-0.25, -0.2) is 4.79 Å². The van der Waals surface area contributed by atoms with Gasteiger partial charge >= 0.3 is 6.03 Å². The number of nitrogens with zero attached hydrogens (tertiary/aromatic N) is 1. The molecule has 2 fully saturated rings. The Morgan fingerprint density at radius 1 is 1.10 bits per heavy atom. The Kier molecular flexibility index (Phi) is 4.21. The van der Waals surface area contributed by atoms with E-state index in [2.05, 4.69) is 10.6 Å². The highest BCUT2D eigenvalue weighted by Gasteiger charge is 2.32. The average Bonchev–Trinajstić information content (AvgIpc) is 2.88. The maximum absolute atomic E-state index is 12.0. The summed E-state index contributed by atoms with van der Waals surface area (Å²) in [6, 6.07) is 10.4. The summed E-state index contributed by atoms with van der Waals surface area (Å²) in [5.41, 5.74) is 1.01. The number of anilines is 1. The van der Waals surface area contributed by atoms with Crippen LogP contribution in [0.3, 0.4) is 0 Å². The second kappa shape index (κ2) is 6.27. The van der Waals surface area contributed by atoms with Crippen LogP contribution in [0.5, 0.6) is 0 Å². The smallest absolute Gasteiger partial charge is 0.322 e. The SMILES string of the molecule is O=C1NCC(CCC2CCNCC2)N1c1ccccc1. The second-order valence-electron chi connectivity index (χ2n) is 5.82. The van der Waals surface area contributed by atoms with Crippen LogP contribution in [-0.2, 0) is 0 Å². The van der Waals surface area contributed by atoms with Crippen molar-refractivity contribution in [2.75, 3.05) is 24.5 Å². The lowest BCUT2D eigenvalue weighted by molar-refractivity contribution is 0.251. The van der Waals surface area contributed by atoms with Gasteiger partial charge in [-0.15, -0.1) is 0 Å². The number of carbonyl (C=O) groups excluding carboxylic acids is 1. The summed E-state index contributed by atoms with van der Waals surface area (Å²) in [6.07, 6.45) is 4.88. The van der Waals surface area contributed by atoms with Crippen LogP contribution in [0.2, 0.25) is 0 Å². The topological polar surface area (TPSA) is 44.4 Å². The zero-order valence-corrected chi connectivity index (χ0v) is 11.8. The molecule has 4 heteroatoms. The van der Waals surface area contributed by atoms with Crippen LogP contribution < -0.4 is 15.5 Å². The fraction of sp³-hybridized carbons (Fsp3) is 0.562. The van der Waals surface area contributed by atoms with Crippen LogP contribution in [0.15, 0.2) is 30.3 Å². The third-order valence-electron chi connectivity index (χ3n) is 4.47. The number of amides is 2. The van der Waals surface area contributed by atoms with Gasteiger partial charge in [0.2, 0.25) is 0 Å². The Balaban J connectivity index is 1.61. The first-order valence-electron chi connectivity index (χ1n) is 7.67. The molecule has 2 heterocycles. The second-order valence-corrected chi connectivity index (χ2v) is 5.82.